The van der Waals surface area contributed by atoms with E-state index in [9.17, 15) is 22.7 Å². The van der Waals surface area contributed by atoms with Crippen molar-refractivity contribution in [3.05, 3.63) is 57.6 Å². The molecule has 0 spiro atoms. The van der Waals surface area contributed by atoms with Crippen molar-refractivity contribution in [1.29, 1.82) is 0 Å². The minimum atomic E-state index is -4.58. The molecule has 0 aliphatic heterocycles. The number of imidazole rings is 1. The van der Waals surface area contributed by atoms with Crippen LogP contribution in [0.25, 0.3) is 28.6 Å². The summed E-state index contributed by atoms with van der Waals surface area (Å²) in [6, 6.07) is 3.44. The van der Waals surface area contributed by atoms with Gasteiger partial charge in [-0.05, 0) is 42.0 Å². The van der Waals surface area contributed by atoms with Crippen LogP contribution >= 0.6 is 23.2 Å². The van der Waals surface area contributed by atoms with Crippen LogP contribution < -0.4 is 0 Å². The molecule has 0 unspecified atom stereocenters. The zero-order chi connectivity index (χ0) is 24.8. The highest BCUT2D eigenvalue weighted by Crippen LogP contribution is 2.34. The van der Waals surface area contributed by atoms with E-state index in [2.05, 4.69) is 15.1 Å². The third kappa shape index (κ3) is 4.89. The Morgan fingerprint density at radius 1 is 1.06 bits per heavy atom. The van der Waals surface area contributed by atoms with Gasteiger partial charge in [0.25, 0.3) is 5.89 Å². The van der Waals surface area contributed by atoms with Gasteiger partial charge in [0.15, 0.2) is 5.65 Å². The largest absolute Gasteiger partial charge is 0.417 e. The SMILES string of the molecule is CC(C)(CO)CCc1cc(Cl)c(-c2noc(-c3cn4cc(C(F)(F)F)cc(Cl)c4n3)n2)cc1F. The van der Waals surface area contributed by atoms with Gasteiger partial charge in [0.1, 0.15) is 11.5 Å². The van der Waals surface area contributed by atoms with E-state index in [1.807, 2.05) is 13.8 Å². The molecule has 0 amide bonds. The highest BCUT2D eigenvalue weighted by Gasteiger charge is 2.32. The van der Waals surface area contributed by atoms with Gasteiger partial charge in [-0.25, -0.2) is 9.37 Å². The van der Waals surface area contributed by atoms with Gasteiger partial charge >= 0.3 is 6.18 Å². The van der Waals surface area contributed by atoms with Crippen LogP contribution in [-0.4, -0.2) is 31.2 Å². The van der Waals surface area contributed by atoms with E-state index in [0.717, 1.165) is 16.7 Å². The van der Waals surface area contributed by atoms with Gasteiger partial charge in [0.05, 0.1) is 15.6 Å². The quantitative estimate of drug-likeness (QED) is 0.297. The molecule has 12 heteroatoms. The lowest BCUT2D eigenvalue weighted by Crippen LogP contribution is -2.17. The first-order valence-corrected chi connectivity index (χ1v) is 10.8. The molecule has 0 aliphatic rings. The predicted molar refractivity (Wildman–Crippen MR) is 118 cm³/mol. The average Bonchev–Trinajstić information content (AvgIpc) is 3.41. The van der Waals surface area contributed by atoms with Crippen LogP contribution in [0.3, 0.4) is 0 Å². The van der Waals surface area contributed by atoms with Gasteiger partial charge in [-0.1, -0.05) is 42.2 Å². The van der Waals surface area contributed by atoms with E-state index in [1.165, 1.54) is 18.3 Å². The van der Waals surface area contributed by atoms with Crippen LogP contribution in [-0.2, 0) is 12.6 Å². The molecular weight excluding hydrogens is 499 g/mol. The Morgan fingerprint density at radius 3 is 2.47 bits per heavy atom. The highest BCUT2D eigenvalue weighted by molar-refractivity contribution is 6.33. The summed E-state index contributed by atoms with van der Waals surface area (Å²) in [5.41, 5.74) is -0.583. The molecule has 180 valence electrons. The van der Waals surface area contributed by atoms with E-state index in [4.69, 9.17) is 27.7 Å². The van der Waals surface area contributed by atoms with Gasteiger partial charge in [-0.2, -0.15) is 18.2 Å². The zero-order valence-corrected chi connectivity index (χ0v) is 19.4. The van der Waals surface area contributed by atoms with Crippen LogP contribution in [0.1, 0.15) is 31.4 Å². The molecule has 6 nitrogen and oxygen atoms in total. The first-order valence-electron chi connectivity index (χ1n) is 10.1. The average molecular weight is 517 g/mol. The minimum Gasteiger partial charge on any atom is -0.396 e. The highest BCUT2D eigenvalue weighted by atomic mass is 35.5. The van der Waals surface area contributed by atoms with Crippen molar-refractivity contribution >= 4 is 28.8 Å². The summed E-state index contributed by atoms with van der Waals surface area (Å²) in [6.07, 6.45) is -1.55. The van der Waals surface area contributed by atoms with E-state index in [0.29, 0.717) is 18.4 Å². The summed E-state index contributed by atoms with van der Waals surface area (Å²) < 4.78 is 60.2. The second-order valence-electron chi connectivity index (χ2n) is 8.60. The number of nitrogens with zero attached hydrogens (tertiary/aromatic N) is 4. The van der Waals surface area contributed by atoms with Crippen molar-refractivity contribution in [2.24, 2.45) is 5.41 Å². The third-order valence-electron chi connectivity index (χ3n) is 5.35. The molecule has 3 aromatic heterocycles. The van der Waals surface area contributed by atoms with Gasteiger partial charge in [0, 0.05) is 24.6 Å². The van der Waals surface area contributed by atoms with Crippen molar-refractivity contribution in [3.63, 3.8) is 0 Å². The van der Waals surface area contributed by atoms with E-state index >= 15 is 0 Å². The minimum absolute atomic E-state index is 0.0136. The van der Waals surface area contributed by atoms with E-state index in [1.54, 1.807) is 0 Å². The Hall–Kier alpha value is -2.69. The normalized spacial score (nSPS) is 12.6. The number of fused-ring (bicyclic) bond motifs is 1. The van der Waals surface area contributed by atoms with E-state index in [-0.39, 0.29) is 50.7 Å². The van der Waals surface area contributed by atoms with E-state index < -0.39 is 17.6 Å². The van der Waals surface area contributed by atoms with Gasteiger partial charge in [0.2, 0.25) is 5.82 Å². The standard InChI is InChI=1S/C22H18Cl2F4N4O2/c1-21(2,10-33)4-3-11-5-14(23)13(7-16(11)25)18-30-20(34-31-18)17-9-32-8-12(22(26,27)28)6-15(24)19(32)29-17/h5-9,33H,3-4,10H2,1-2H3. The monoisotopic (exact) mass is 516 g/mol. The van der Waals surface area contributed by atoms with Crippen LogP contribution in [0.4, 0.5) is 17.6 Å². The number of aryl methyl sites for hydroxylation is 1. The molecule has 0 saturated heterocycles. The first kappa shape index (κ1) is 24.4. The predicted octanol–water partition coefficient (Wildman–Crippen LogP) is 6.47. The Bertz CT molecular complexity index is 1370. The number of benzene rings is 1. The maximum Gasteiger partial charge on any atom is 0.417 e. The molecule has 0 saturated carbocycles. The van der Waals surface area contributed by atoms with Crippen LogP contribution in [0.15, 0.2) is 35.1 Å². The molecule has 0 radical (unpaired) electrons. The molecule has 1 N–H and O–H groups in total. The smallest absolute Gasteiger partial charge is 0.396 e. The zero-order valence-electron chi connectivity index (χ0n) is 17.9. The molecule has 0 atom stereocenters. The molecule has 4 rings (SSSR count). The summed E-state index contributed by atoms with van der Waals surface area (Å²) >= 11 is 12.3. The van der Waals surface area contributed by atoms with Crippen LogP contribution in [0.2, 0.25) is 10.0 Å². The Labute approximate surface area is 201 Å². The molecular formula is C22H18Cl2F4N4O2. The molecule has 34 heavy (non-hydrogen) atoms. The van der Waals surface area contributed by atoms with Gasteiger partial charge < -0.3 is 14.0 Å². The lowest BCUT2D eigenvalue weighted by atomic mass is 9.87. The van der Waals surface area contributed by atoms with Crippen LogP contribution in [0, 0.1) is 11.2 Å². The molecule has 1 aromatic carbocycles. The number of hydrogen-bond acceptors (Lipinski definition) is 5. The molecule has 0 fully saturated rings. The lowest BCUT2D eigenvalue weighted by molar-refractivity contribution is -0.137. The fraction of sp³-hybridized carbons (Fsp3) is 0.318. The summed E-state index contributed by atoms with van der Waals surface area (Å²) in [7, 11) is 0. The number of aliphatic hydroxyl groups excluding tert-OH is 1. The van der Waals surface area contributed by atoms with Crippen molar-refractivity contribution in [1.82, 2.24) is 19.5 Å². The number of halogens is 6. The number of rotatable bonds is 6. The van der Waals surface area contributed by atoms with Gasteiger partial charge in [-0.15, -0.1) is 0 Å². The maximum atomic E-state index is 14.7. The summed E-state index contributed by atoms with van der Waals surface area (Å²) in [5.74, 6) is -0.632. The Morgan fingerprint density at radius 2 is 1.79 bits per heavy atom. The Kier molecular flexibility index (Phi) is 6.34. The molecule has 4 aromatic rings. The second-order valence-corrected chi connectivity index (χ2v) is 9.41. The third-order valence-corrected chi connectivity index (χ3v) is 5.95. The first-order chi connectivity index (χ1) is 15.9. The second kappa shape index (κ2) is 8.83. The fourth-order valence-corrected chi connectivity index (χ4v) is 3.78. The summed E-state index contributed by atoms with van der Waals surface area (Å²) in [5, 5.41) is 13.2. The number of alkyl halides is 3. The van der Waals surface area contributed by atoms with Crippen molar-refractivity contribution in [3.8, 4) is 23.0 Å². The number of hydrogen-bond donors (Lipinski definition) is 1. The number of aliphatic hydroxyl groups is 1. The molecule has 0 aliphatic carbocycles. The Balaban J connectivity index is 1.64. The fourth-order valence-electron chi connectivity index (χ4n) is 3.25. The number of aromatic nitrogens is 4. The topological polar surface area (TPSA) is 76.5 Å². The van der Waals surface area contributed by atoms with Crippen molar-refractivity contribution in [2.45, 2.75) is 32.9 Å². The molecule has 3 heterocycles. The summed E-state index contributed by atoms with van der Waals surface area (Å²) in [4.78, 5) is 8.34. The van der Waals surface area contributed by atoms with Crippen molar-refractivity contribution < 1.29 is 27.2 Å². The molecule has 0 bridgehead atoms. The number of pyridine rings is 1. The van der Waals surface area contributed by atoms with Crippen LogP contribution in [0.5, 0.6) is 0 Å². The van der Waals surface area contributed by atoms with Gasteiger partial charge in [-0.3, -0.25) is 0 Å². The lowest BCUT2D eigenvalue weighted by Gasteiger charge is -2.21. The van der Waals surface area contributed by atoms with Crippen molar-refractivity contribution in [2.75, 3.05) is 6.61 Å². The maximum absolute atomic E-state index is 14.7. The summed E-state index contributed by atoms with van der Waals surface area (Å²) in [6.45, 7) is 3.72.